The lowest BCUT2D eigenvalue weighted by atomic mass is 10.1. The Bertz CT molecular complexity index is 643. The Labute approximate surface area is 115 Å². The summed E-state index contributed by atoms with van der Waals surface area (Å²) in [6, 6.07) is 9.37. The number of rotatable bonds is 3. The van der Waals surface area contributed by atoms with Gasteiger partial charge in [0, 0.05) is 22.6 Å². The van der Waals surface area contributed by atoms with E-state index in [1.807, 2.05) is 0 Å². The number of hydrogen-bond acceptors (Lipinski definition) is 3. The Morgan fingerprint density at radius 2 is 1.84 bits per heavy atom. The van der Waals surface area contributed by atoms with Crippen LogP contribution in [0.4, 0.5) is 21.5 Å². The molecule has 2 aromatic carbocycles. The molecule has 0 aromatic heterocycles. The smallest absolute Gasteiger partial charge is 0.161 e. The van der Waals surface area contributed by atoms with Gasteiger partial charge in [0.1, 0.15) is 5.82 Å². The molecule has 0 aliphatic carbocycles. The van der Waals surface area contributed by atoms with Crippen molar-refractivity contribution in [2.75, 3.05) is 11.1 Å². The summed E-state index contributed by atoms with van der Waals surface area (Å²) in [6.07, 6.45) is 0. The molecule has 0 unspecified atom stereocenters. The quantitative estimate of drug-likeness (QED) is 0.659. The van der Waals surface area contributed by atoms with Crippen molar-refractivity contribution in [2.45, 2.75) is 6.92 Å². The van der Waals surface area contributed by atoms with E-state index in [2.05, 4.69) is 5.32 Å². The first kappa shape index (κ1) is 13.4. The fourth-order valence-corrected chi connectivity index (χ4v) is 1.80. The maximum Gasteiger partial charge on any atom is 0.161 e. The van der Waals surface area contributed by atoms with Crippen LogP contribution < -0.4 is 11.1 Å². The fourth-order valence-electron chi connectivity index (χ4n) is 1.68. The Balaban J connectivity index is 2.30. The summed E-state index contributed by atoms with van der Waals surface area (Å²) in [7, 11) is 0. The Morgan fingerprint density at radius 1 is 1.21 bits per heavy atom. The molecule has 0 aliphatic rings. The van der Waals surface area contributed by atoms with E-state index in [4.69, 9.17) is 17.3 Å². The molecule has 0 radical (unpaired) electrons. The second-order valence-corrected chi connectivity index (χ2v) is 4.52. The van der Waals surface area contributed by atoms with Crippen LogP contribution in [0.1, 0.15) is 17.3 Å². The van der Waals surface area contributed by atoms with Crippen molar-refractivity contribution in [1.29, 1.82) is 0 Å². The molecule has 0 saturated carbocycles. The summed E-state index contributed by atoms with van der Waals surface area (Å²) in [5.74, 6) is -0.627. The van der Waals surface area contributed by atoms with E-state index in [0.29, 0.717) is 22.6 Å². The van der Waals surface area contributed by atoms with Gasteiger partial charge in [-0.3, -0.25) is 4.79 Å². The minimum Gasteiger partial charge on any atom is -0.398 e. The van der Waals surface area contributed by atoms with E-state index >= 15 is 0 Å². The van der Waals surface area contributed by atoms with Gasteiger partial charge in [-0.25, -0.2) is 4.39 Å². The van der Waals surface area contributed by atoms with Gasteiger partial charge in [0.15, 0.2) is 5.78 Å². The highest BCUT2D eigenvalue weighted by Gasteiger charge is 2.07. The number of carbonyl (C=O) groups excluding carboxylic acids is 1. The van der Waals surface area contributed by atoms with Crippen LogP contribution >= 0.6 is 11.6 Å². The van der Waals surface area contributed by atoms with Gasteiger partial charge in [0.2, 0.25) is 0 Å². The number of carbonyl (C=O) groups is 1. The number of hydrogen-bond donors (Lipinski definition) is 2. The van der Waals surface area contributed by atoms with Gasteiger partial charge in [-0.1, -0.05) is 11.6 Å². The average molecular weight is 279 g/mol. The van der Waals surface area contributed by atoms with Crippen molar-refractivity contribution >= 4 is 34.4 Å². The SMILES string of the molecule is CC(=O)c1cc(Nc2ccc(Cl)c(F)c2)ccc1N. The van der Waals surface area contributed by atoms with Crippen molar-refractivity contribution < 1.29 is 9.18 Å². The molecule has 2 rings (SSSR count). The highest BCUT2D eigenvalue weighted by Crippen LogP contribution is 2.24. The fraction of sp³-hybridized carbons (Fsp3) is 0.0714. The molecule has 0 spiro atoms. The molecule has 0 atom stereocenters. The molecule has 3 nitrogen and oxygen atoms in total. The number of anilines is 3. The lowest BCUT2D eigenvalue weighted by molar-refractivity contribution is 0.101. The van der Waals surface area contributed by atoms with Crippen molar-refractivity contribution in [3.63, 3.8) is 0 Å². The second kappa shape index (κ2) is 5.28. The predicted molar refractivity (Wildman–Crippen MR) is 75.6 cm³/mol. The molecule has 0 bridgehead atoms. The van der Waals surface area contributed by atoms with Crippen LogP contribution in [0.25, 0.3) is 0 Å². The largest absolute Gasteiger partial charge is 0.398 e. The second-order valence-electron chi connectivity index (χ2n) is 4.11. The zero-order valence-corrected chi connectivity index (χ0v) is 11.0. The highest BCUT2D eigenvalue weighted by molar-refractivity contribution is 6.30. The molecule has 5 heteroatoms. The molecule has 0 heterocycles. The van der Waals surface area contributed by atoms with E-state index in [9.17, 15) is 9.18 Å². The van der Waals surface area contributed by atoms with Crippen LogP contribution in [-0.2, 0) is 0 Å². The maximum absolute atomic E-state index is 13.3. The molecule has 0 amide bonds. The topological polar surface area (TPSA) is 55.1 Å². The van der Waals surface area contributed by atoms with Crippen molar-refractivity contribution in [3.8, 4) is 0 Å². The van der Waals surface area contributed by atoms with E-state index in [0.717, 1.165) is 0 Å². The molecule has 3 N–H and O–H groups in total. The lowest BCUT2D eigenvalue weighted by Gasteiger charge is -2.09. The summed E-state index contributed by atoms with van der Waals surface area (Å²) in [4.78, 5) is 11.4. The Kier molecular flexibility index (Phi) is 3.71. The van der Waals surface area contributed by atoms with Gasteiger partial charge in [-0.05, 0) is 43.3 Å². The van der Waals surface area contributed by atoms with Crippen LogP contribution in [0.2, 0.25) is 5.02 Å². The maximum atomic E-state index is 13.3. The van der Waals surface area contributed by atoms with Crippen LogP contribution in [0.3, 0.4) is 0 Å². The van der Waals surface area contributed by atoms with Crippen LogP contribution in [-0.4, -0.2) is 5.78 Å². The molecular weight excluding hydrogens is 267 g/mol. The van der Waals surface area contributed by atoms with E-state index < -0.39 is 5.82 Å². The van der Waals surface area contributed by atoms with Crippen molar-refractivity contribution in [1.82, 2.24) is 0 Å². The molecule has 0 saturated heterocycles. The van der Waals surface area contributed by atoms with Gasteiger partial charge >= 0.3 is 0 Å². The van der Waals surface area contributed by atoms with E-state index in [-0.39, 0.29) is 10.8 Å². The zero-order valence-electron chi connectivity index (χ0n) is 10.2. The monoisotopic (exact) mass is 278 g/mol. The van der Waals surface area contributed by atoms with Crippen LogP contribution in [0.15, 0.2) is 36.4 Å². The van der Waals surface area contributed by atoms with Gasteiger partial charge < -0.3 is 11.1 Å². The molecule has 2 aromatic rings. The third kappa shape index (κ3) is 3.03. The number of nitrogens with two attached hydrogens (primary N) is 1. The normalized spacial score (nSPS) is 10.3. The third-order valence-corrected chi connectivity index (χ3v) is 2.95. The standard InChI is InChI=1S/C14H12ClFN2O/c1-8(19)11-6-9(3-5-14(11)17)18-10-2-4-12(15)13(16)7-10/h2-7,18H,17H2,1H3. The minimum atomic E-state index is -0.506. The van der Waals surface area contributed by atoms with Gasteiger partial charge in [-0.2, -0.15) is 0 Å². The average Bonchev–Trinajstić information content (AvgIpc) is 2.36. The molecule has 19 heavy (non-hydrogen) atoms. The molecule has 0 aliphatic heterocycles. The minimum absolute atomic E-state index is 0.0623. The summed E-state index contributed by atoms with van der Waals surface area (Å²) in [5.41, 5.74) is 7.75. The highest BCUT2D eigenvalue weighted by atomic mass is 35.5. The first-order valence-electron chi connectivity index (χ1n) is 5.60. The van der Waals surface area contributed by atoms with Gasteiger partial charge in [-0.15, -0.1) is 0 Å². The number of halogens is 2. The predicted octanol–water partition coefficient (Wildman–Crippen LogP) is 4.01. The van der Waals surface area contributed by atoms with E-state index in [1.165, 1.54) is 19.1 Å². The molecule has 0 fully saturated rings. The van der Waals surface area contributed by atoms with Gasteiger partial charge in [0.05, 0.1) is 5.02 Å². The van der Waals surface area contributed by atoms with Crippen molar-refractivity contribution in [3.05, 3.63) is 52.8 Å². The summed E-state index contributed by atoms with van der Waals surface area (Å²) < 4.78 is 13.3. The summed E-state index contributed by atoms with van der Waals surface area (Å²) >= 11 is 5.61. The first-order valence-corrected chi connectivity index (χ1v) is 5.97. The van der Waals surface area contributed by atoms with Crippen LogP contribution in [0.5, 0.6) is 0 Å². The lowest BCUT2D eigenvalue weighted by Crippen LogP contribution is -2.01. The van der Waals surface area contributed by atoms with Crippen molar-refractivity contribution in [2.24, 2.45) is 0 Å². The molecular formula is C14H12ClFN2O. The first-order chi connectivity index (χ1) is 8.97. The summed E-state index contributed by atoms with van der Waals surface area (Å²) in [5, 5.41) is 3.05. The third-order valence-electron chi connectivity index (χ3n) is 2.64. The number of nitrogens with one attached hydrogen (secondary N) is 1. The summed E-state index contributed by atoms with van der Waals surface area (Å²) in [6.45, 7) is 1.44. The Hall–Kier alpha value is -2.07. The number of nitrogen functional groups attached to an aromatic ring is 1. The Morgan fingerprint density at radius 3 is 2.47 bits per heavy atom. The zero-order chi connectivity index (χ0) is 14.0. The van der Waals surface area contributed by atoms with Crippen LogP contribution in [0, 0.1) is 5.82 Å². The number of ketones is 1. The number of Topliss-reactive ketones (excluding diaryl/α,β-unsaturated/α-hetero) is 1. The van der Waals surface area contributed by atoms with Gasteiger partial charge in [0.25, 0.3) is 0 Å². The van der Waals surface area contributed by atoms with E-state index in [1.54, 1.807) is 24.3 Å². The number of benzene rings is 2. The molecule has 98 valence electrons.